The highest BCUT2D eigenvalue weighted by atomic mass is 35.5. The van der Waals surface area contributed by atoms with Crippen LogP contribution in [0.1, 0.15) is 10.4 Å². The van der Waals surface area contributed by atoms with Crippen molar-refractivity contribution in [2.75, 3.05) is 13.1 Å². The van der Waals surface area contributed by atoms with Gasteiger partial charge in [0.2, 0.25) is 0 Å². The summed E-state index contributed by atoms with van der Waals surface area (Å²) in [5.41, 5.74) is 0.430. The van der Waals surface area contributed by atoms with Crippen LogP contribution in [0.15, 0.2) is 43.5 Å². The first-order valence-electron chi connectivity index (χ1n) is 5.06. The maximum Gasteiger partial charge on any atom is 0.255 e. The molecular formula is C13H13Cl2NO. The van der Waals surface area contributed by atoms with E-state index in [9.17, 15) is 4.79 Å². The highest BCUT2D eigenvalue weighted by molar-refractivity contribution is 6.36. The standard InChI is InChI=1S/C13H13Cl2NO/c1-3-7-16(8-4-2)13(17)11-6-5-10(14)9-12(11)15/h3-6,9H,1-2,7-8H2. The summed E-state index contributed by atoms with van der Waals surface area (Å²) in [4.78, 5) is 13.8. The van der Waals surface area contributed by atoms with Gasteiger partial charge in [0.1, 0.15) is 0 Å². The lowest BCUT2D eigenvalue weighted by molar-refractivity contribution is 0.0791. The molecule has 1 aromatic rings. The van der Waals surface area contributed by atoms with Crippen molar-refractivity contribution in [2.24, 2.45) is 0 Å². The van der Waals surface area contributed by atoms with Crippen molar-refractivity contribution in [1.29, 1.82) is 0 Å². The molecule has 0 spiro atoms. The van der Waals surface area contributed by atoms with E-state index < -0.39 is 0 Å². The van der Waals surface area contributed by atoms with E-state index in [2.05, 4.69) is 13.2 Å². The molecule has 4 heteroatoms. The highest BCUT2D eigenvalue weighted by Crippen LogP contribution is 2.22. The Morgan fingerprint density at radius 2 is 1.82 bits per heavy atom. The van der Waals surface area contributed by atoms with Crippen LogP contribution in [0.2, 0.25) is 10.0 Å². The lowest BCUT2D eigenvalue weighted by Crippen LogP contribution is -2.31. The first-order chi connectivity index (χ1) is 8.10. The number of nitrogens with zero attached hydrogens (tertiary/aromatic N) is 1. The van der Waals surface area contributed by atoms with E-state index in [4.69, 9.17) is 23.2 Å². The van der Waals surface area contributed by atoms with Crippen LogP contribution >= 0.6 is 23.2 Å². The van der Waals surface area contributed by atoms with Gasteiger partial charge in [-0.15, -0.1) is 13.2 Å². The highest BCUT2D eigenvalue weighted by Gasteiger charge is 2.16. The Kier molecular flexibility index (Phi) is 5.26. The summed E-state index contributed by atoms with van der Waals surface area (Å²) in [6, 6.07) is 4.81. The predicted octanol–water partition coefficient (Wildman–Crippen LogP) is 3.81. The quantitative estimate of drug-likeness (QED) is 0.745. The maximum atomic E-state index is 12.2. The number of benzene rings is 1. The molecule has 0 bridgehead atoms. The zero-order valence-electron chi connectivity index (χ0n) is 9.33. The van der Waals surface area contributed by atoms with Crippen molar-refractivity contribution in [3.63, 3.8) is 0 Å². The summed E-state index contributed by atoms with van der Waals surface area (Å²) in [5, 5.41) is 0.853. The van der Waals surface area contributed by atoms with Gasteiger partial charge in [0.15, 0.2) is 0 Å². The molecule has 1 rings (SSSR count). The van der Waals surface area contributed by atoms with Crippen molar-refractivity contribution in [1.82, 2.24) is 4.90 Å². The van der Waals surface area contributed by atoms with Gasteiger partial charge in [-0.25, -0.2) is 0 Å². The Hall–Kier alpha value is -1.25. The number of hydrogen-bond donors (Lipinski definition) is 0. The van der Waals surface area contributed by atoms with Gasteiger partial charge < -0.3 is 4.90 Å². The average molecular weight is 270 g/mol. The Morgan fingerprint density at radius 1 is 1.24 bits per heavy atom. The molecule has 17 heavy (non-hydrogen) atoms. The van der Waals surface area contributed by atoms with Crippen LogP contribution in [0.3, 0.4) is 0 Å². The second-order valence-corrected chi connectivity index (χ2v) is 4.26. The normalized spacial score (nSPS) is 9.76. The molecule has 1 amide bonds. The molecule has 0 aliphatic heterocycles. The number of hydrogen-bond acceptors (Lipinski definition) is 1. The van der Waals surface area contributed by atoms with Gasteiger partial charge in [-0.1, -0.05) is 35.4 Å². The predicted molar refractivity (Wildman–Crippen MR) is 72.8 cm³/mol. The van der Waals surface area contributed by atoms with E-state index in [1.54, 1.807) is 35.3 Å². The Balaban J connectivity index is 2.99. The van der Waals surface area contributed by atoms with Gasteiger partial charge in [-0.3, -0.25) is 4.79 Å². The summed E-state index contributed by atoms with van der Waals surface area (Å²) in [6.45, 7) is 8.12. The third-order valence-corrected chi connectivity index (χ3v) is 2.70. The average Bonchev–Trinajstić information content (AvgIpc) is 2.28. The third-order valence-electron chi connectivity index (χ3n) is 2.15. The Bertz CT molecular complexity index is 433. The minimum atomic E-state index is -0.161. The summed E-state index contributed by atoms with van der Waals surface area (Å²) in [5.74, 6) is -0.161. The van der Waals surface area contributed by atoms with E-state index in [-0.39, 0.29) is 5.91 Å². The summed E-state index contributed by atoms with van der Waals surface area (Å²) >= 11 is 11.8. The van der Waals surface area contributed by atoms with Crippen LogP contribution in [0.5, 0.6) is 0 Å². The molecule has 0 saturated carbocycles. The van der Waals surface area contributed by atoms with E-state index in [0.29, 0.717) is 28.7 Å². The first kappa shape index (κ1) is 13.8. The van der Waals surface area contributed by atoms with Gasteiger partial charge in [0, 0.05) is 18.1 Å². The first-order valence-corrected chi connectivity index (χ1v) is 5.82. The molecular weight excluding hydrogens is 257 g/mol. The molecule has 0 atom stereocenters. The SMILES string of the molecule is C=CCN(CC=C)C(=O)c1ccc(Cl)cc1Cl. The van der Waals surface area contributed by atoms with E-state index in [1.165, 1.54) is 0 Å². The fourth-order valence-electron chi connectivity index (χ4n) is 1.39. The maximum absolute atomic E-state index is 12.2. The van der Waals surface area contributed by atoms with Gasteiger partial charge in [0.25, 0.3) is 5.91 Å². The van der Waals surface area contributed by atoms with Crippen LogP contribution in [-0.4, -0.2) is 23.9 Å². The second-order valence-electron chi connectivity index (χ2n) is 3.41. The second kappa shape index (κ2) is 6.48. The zero-order valence-corrected chi connectivity index (χ0v) is 10.8. The molecule has 0 aliphatic carbocycles. The Morgan fingerprint density at radius 3 is 2.29 bits per heavy atom. The molecule has 0 radical (unpaired) electrons. The van der Waals surface area contributed by atoms with Gasteiger partial charge in [0.05, 0.1) is 10.6 Å². The molecule has 90 valence electrons. The molecule has 2 nitrogen and oxygen atoms in total. The van der Waals surface area contributed by atoms with Crippen LogP contribution < -0.4 is 0 Å². The number of amides is 1. The number of halogens is 2. The van der Waals surface area contributed by atoms with E-state index >= 15 is 0 Å². The summed E-state index contributed by atoms with van der Waals surface area (Å²) < 4.78 is 0. The van der Waals surface area contributed by atoms with Gasteiger partial charge in [-0.2, -0.15) is 0 Å². The lowest BCUT2D eigenvalue weighted by atomic mass is 10.2. The number of carbonyl (C=O) groups is 1. The summed E-state index contributed by atoms with van der Waals surface area (Å²) in [6.07, 6.45) is 3.32. The third kappa shape index (κ3) is 3.62. The topological polar surface area (TPSA) is 20.3 Å². The zero-order chi connectivity index (χ0) is 12.8. The number of carbonyl (C=O) groups excluding carboxylic acids is 1. The molecule has 0 fully saturated rings. The van der Waals surface area contributed by atoms with Crippen LogP contribution in [0.25, 0.3) is 0 Å². The minimum Gasteiger partial charge on any atom is -0.331 e. The van der Waals surface area contributed by atoms with Crippen LogP contribution in [-0.2, 0) is 0 Å². The molecule has 0 aromatic heterocycles. The molecule has 1 aromatic carbocycles. The van der Waals surface area contributed by atoms with Gasteiger partial charge in [-0.05, 0) is 18.2 Å². The van der Waals surface area contributed by atoms with Crippen molar-refractivity contribution in [3.05, 3.63) is 59.1 Å². The number of rotatable bonds is 5. The van der Waals surface area contributed by atoms with E-state index in [1.807, 2.05) is 0 Å². The Labute approximate surface area is 111 Å². The largest absolute Gasteiger partial charge is 0.331 e. The van der Waals surface area contributed by atoms with Crippen molar-refractivity contribution in [2.45, 2.75) is 0 Å². The van der Waals surface area contributed by atoms with Gasteiger partial charge >= 0.3 is 0 Å². The van der Waals surface area contributed by atoms with Crippen molar-refractivity contribution < 1.29 is 4.79 Å². The van der Waals surface area contributed by atoms with Crippen molar-refractivity contribution in [3.8, 4) is 0 Å². The fraction of sp³-hybridized carbons (Fsp3) is 0.154. The van der Waals surface area contributed by atoms with Crippen molar-refractivity contribution >= 4 is 29.1 Å². The minimum absolute atomic E-state index is 0.161. The molecule has 0 heterocycles. The van der Waals surface area contributed by atoms with E-state index in [0.717, 1.165) is 0 Å². The molecule has 0 saturated heterocycles. The molecule has 0 unspecified atom stereocenters. The monoisotopic (exact) mass is 269 g/mol. The molecule has 0 aliphatic rings. The van der Waals surface area contributed by atoms with Crippen LogP contribution in [0.4, 0.5) is 0 Å². The summed E-state index contributed by atoms with van der Waals surface area (Å²) in [7, 11) is 0. The molecule has 0 N–H and O–H groups in total. The fourth-order valence-corrected chi connectivity index (χ4v) is 1.87. The lowest BCUT2D eigenvalue weighted by Gasteiger charge is -2.19. The smallest absolute Gasteiger partial charge is 0.255 e. The van der Waals surface area contributed by atoms with Crippen LogP contribution in [0, 0.1) is 0 Å².